The van der Waals surface area contributed by atoms with Crippen molar-refractivity contribution in [3.05, 3.63) is 48.6 Å². The average molecular weight is 913 g/mol. The molecule has 0 aliphatic carbocycles. The Morgan fingerprint density at radius 3 is 1.70 bits per heavy atom. The first-order valence-corrected chi connectivity index (χ1v) is 25.1. The number of ether oxygens (including phenoxy) is 2. The van der Waals surface area contributed by atoms with Gasteiger partial charge < -0.3 is 44.6 Å². The van der Waals surface area contributed by atoms with Gasteiger partial charge in [0.1, 0.15) is 12.7 Å². The third kappa shape index (κ3) is 39.3. The minimum Gasteiger partial charge on any atom is -0.462 e. The molecule has 0 fully saturated rings. The molecule has 16 nitrogen and oxygen atoms in total. The highest BCUT2D eigenvalue weighted by Crippen LogP contribution is 2.43. The van der Waals surface area contributed by atoms with E-state index in [4.69, 9.17) is 23.8 Å². The molecular weight excluding hydrogens is 834 g/mol. The molecule has 61 heavy (non-hydrogen) atoms. The number of carbonyl (C=O) groups excluding carboxylic acids is 2. The number of allylic oxidation sites excluding steroid dienone is 6. The fourth-order valence-corrected chi connectivity index (χ4v) is 6.86. The van der Waals surface area contributed by atoms with E-state index in [1.54, 1.807) is 42.5 Å². The normalized spacial score (nSPS) is 16.6. The van der Waals surface area contributed by atoms with Gasteiger partial charge in [0.05, 0.1) is 38.1 Å². The Balaban J connectivity index is 4.86. The summed E-state index contributed by atoms with van der Waals surface area (Å²) >= 11 is 0. The van der Waals surface area contributed by atoms with Crippen LogP contribution in [0.4, 0.5) is 0 Å². The fourth-order valence-electron chi connectivity index (χ4n) is 5.71. The van der Waals surface area contributed by atoms with Crippen molar-refractivity contribution < 1.29 is 76.9 Å². The topological polar surface area (TPSA) is 256 Å². The van der Waals surface area contributed by atoms with Crippen molar-refractivity contribution in [2.24, 2.45) is 5.92 Å². The molecular formula is C43H78O16P2. The molecule has 0 amide bonds. The first kappa shape index (κ1) is 59.0. The quantitative estimate of drug-likeness (QED) is 0.0134. The number of hydrogen-bond acceptors (Lipinski definition) is 13. The van der Waals surface area contributed by atoms with E-state index >= 15 is 0 Å². The van der Waals surface area contributed by atoms with Crippen LogP contribution in [0.5, 0.6) is 0 Å². The summed E-state index contributed by atoms with van der Waals surface area (Å²) in [7, 11) is -9.81. The van der Waals surface area contributed by atoms with E-state index < -0.39 is 84.5 Å². The van der Waals surface area contributed by atoms with Crippen LogP contribution in [0.1, 0.15) is 149 Å². The molecule has 0 heterocycles. The highest BCUT2D eigenvalue weighted by molar-refractivity contribution is 7.47. The van der Waals surface area contributed by atoms with Crippen LogP contribution in [0.15, 0.2) is 48.6 Å². The molecule has 0 aromatic rings. The first-order valence-electron chi connectivity index (χ1n) is 22.1. The predicted octanol–water partition coefficient (Wildman–Crippen LogP) is 7.83. The third-order valence-electron chi connectivity index (χ3n) is 9.62. The summed E-state index contributed by atoms with van der Waals surface area (Å²) in [5.74, 6) is -0.558. The Morgan fingerprint density at radius 2 is 1.10 bits per heavy atom. The first-order chi connectivity index (χ1) is 29.0. The van der Waals surface area contributed by atoms with Crippen molar-refractivity contribution >= 4 is 27.6 Å². The van der Waals surface area contributed by atoms with Crippen molar-refractivity contribution in [3.63, 3.8) is 0 Å². The summed E-state index contributed by atoms with van der Waals surface area (Å²) in [6, 6.07) is 0. The molecule has 0 aromatic heterocycles. The van der Waals surface area contributed by atoms with Gasteiger partial charge in [0, 0.05) is 12.8 Å². The molecule has 356 valence electrons. The second-order valence-corrected chi connectivity index (χ2v) is 18.1. The molecule has 0 saturated heterocycles. The molecule has 0 aliphatic heterocycles. The van der Waals surface area contributed by atoms with Crippen molar-refractivity contribution in [1.29, 1.82) is 0 Å². The SMILES string of the molecule is CCCCC[C@H](O)/C=C/C=C\C=C\C=C\[C@H](O)[C@@H](O)CCCC(=O)O[C@H](COC(=O)CCCCCCCCCCCCC(C)CC)COP(=O)(O)OC[C@@H](O)COP(=O)(O)O. The van der Waals surface area contributed by atoms with Crippen LogP contribution in [-0.4, -0.2) is 104 Å². The van der Waals surface area contributed by atoms with E-state index in [1.165, 1.54) is 51.0 Å². The third-order valence-corrected chi connectivity index (χ3v) is 11.1. The minimum atomic E-state index is -4.91. The maximum absolute atomic E-state index is 12.7. The lowest BCUT2D eigenvalue weighted by Crippen LogP contribution is -2.30. The summed E-state index contributed by atoms with van der Waals surface area (Å²) < 4.78 is 47.5. The minimum absolute atomic E-state index is 0.0258. The molecule has 18 heteroatoms. The largest absolute Gasteiger partial charge is 0.472 e. The van der Waals surface area contributed by atoms with Gasteiger partial charge in [-0.05, 0) is 31.6 Å². The lowest BCUT2D eigenvalue weighted by atomic mass is 9.99. The van der Waals surface area contributed by atoms with Gasteiger partial charge in [-0.25, -0.2) is 9.13 Å². The Labute approximate surface area is 364 Å². The van der Waals surface area contributed by atoms with Gasteiger partial charge in [-0.2, -0.15) is 0 Å². The lowest BCUT2D eigenvalue weighted by Gasteiger charge is -2.21. The second kappa shape index (κ2) is 37.3. The Morgan fingerprint density at radius 1 is 0.574 bits per heavy atom. The molecule has 0 rings (SSSR count). The summed E-state index contributed by atoms with van der Waals surface area (Å²) in [4.78, 5) is 52.7. The van der Waals surface area contributed by atoms with Gasteiger partial charge in [-0.1, -0.05) is 159 Å². The van der Waals surface area contributed by atoms with Gasteiger partial charge in [0.2, 0.25) is 0 Å². The van der Waals surface area contributed by atoms with Crippen LogP contribution in [0.3, 0.4) is 0 Å². The number of unbranched alkanes of at least 4 members (excludes halogenated alkanes) is 11. The lowest BCUT2D eigenvalue weighted by molar-refractivity contribution is -0.161. The van der Waals surface area contributed by atoms with Crippen LogP contribution in [0.25, 0.3) is 0 Å². The van der Waals surface area contributed by atoms with Crippen LogP contribution >= 0.6 is 15.6 Å². The summed E-state index contributed by atoms with van der Waals surface area (Å²) in [5, 5.41) is 40.3. The Hall–Kier alpha value is -2.04. The Bertz CT molecular complexity index is 1330. The average Bonchev–Trinajstić information content (AvgIpc) is 3.21. The maximum atomic E-state index is 12.7. The Kier molecular flexibility index (Phi) is 36.1. The molecule has 0 aliphatic rings. The van der Waals surface area contributed by atoms with Crippen LogP contribution < -0.4 is 0 Å². The molecule has 0 bridgehead atoms. The molecule has 7 atom stereocenters. The number of hydrogen-bond donors (Lipinski definition) is 7. The number of esters is 2. The fraction of sp³-hybridized carbons (Fsp3) is 0.767. The number of aliphatic hydroxyl groups excluding tert-OH is 4. The summed E-state index contributed by atoms with van der Waals surface area (Å²) in [6.07, 6.45) is 24.7. The van der Waals surface area contributed by atoms with Crippen LogP contribution in [-0.2, 0) is 41.8 Å². The highest BCUT2D eigenvalue weighted by Gasteiger charge is 2.28. The number of aliphatic hydroxyl groups is 4. The molecule has 0 aromatic carbocycles. The van der Waals surface area contributed by atoms with Gasteiger partial charge in [0.15, 0.2) is 6.10 Å². The summed E-state index contributed by atoms with van der Waals surface area (Å²) in [6.45, 7) is 3.57. The van der Waals surface area contributed by atoms with Crippen LogP contribution in [0, 0.1) is 5.92 Å². The number of carbonyl (C=O) groups is 2. The summed E-state index contributed by atoms with van der Waals surface area (Å²) in [5.41, 5.74) is 0. The van der Waals surface area contributed by atoms with E-state index in [1.807, 2.05) is 0 Å². The van der Waals surface area contributed by atoms with E-state index in [9.17, 15) is 44.0 Å². The number of rotatable bonds is 40. The van der Waals surface area contributed by atoms with E-state index in [-0.39, 0.29) is 25.7 Å². The maximum Gasteiger partial charge on any atom is 0.472 e. The predicted molar refractivity (Wildman–Crippen MR) is 234 cm³/mol. The molecule has 7 N–H and O–H groups in total. The molecule has 0 spiro atoms. The molecule has 2 unspecified atom stereocenters. The molecule has 0 radical (unpaired) electrons. The van der Waals surface area contributed by atoms with Gasteiger partial charge in [-0.3, -0.25) is 23.2 Å². The van der Waals surface area contributed by atoms with E-state index in [0.29, 0.717) is 6.42 Å². The second-order valence-electron chi connectivity index (χ2n) is 15.4. The zero-order valence-corrected chi connectivity index (χ0v) is 38.5. The molecule has 0 saturated carbocycles. The zero-order chi connectivity index (χ0) is 45.8. The van der Waals surface area contributed by atoms with Crippen LogP contribution in [0.2, 0.25) is 0 Å². The smallest absolute Gasteiger partial charge is 0.462 e. The van der Waals surface area contributed by atoms with Gasteiger partial charge in [0.25, 0.3) is 0 Å². The van der Waals surface area contributed by atoms with Gasteiger partial charge in [-0.15, -0.1) is 0 Å². The van der Waals surface area contributed by atoms with Gasteiger partial charge >= 0.3 is 27.6 Å². The van der Waals surface area contributed by atoms with Crippen molar-refractivity contribution in [1.82, 2.24) is 0 Å². The van der Waals surface area contributed by atoms with Crippen molar-refractivity contribution in [3.8, 4) is 0 Å². The number of phosphoric ester groups is 2. The zero-order valence-electron chi connectivity index (χ0n) is 36.8. The van der Waals surface area contributed by atoms with Crippen molar-refractivity contribution in [2.75, 3.05) is 26.4 Å². The van der Waals surface area contributed by atoms with Crippen molar-refractivity contribution in [2.45, 2.75) is 180 Å². The van der Waals surface area contributed by atoms with E-state index in [2.05, 4.69) is 29.8 Å². The highest BCUT2D eigenvalue weighted by atomic mass is 31.2. The monoisotopic (exact) mass is 912 g/mol. The standard InChI is InChI=1S/C43H78O16P2/c1-4-6-19-26-37(44)27-21-16-13-14-17-22-28-40(46)41(47)29-24-31-43(49)59-39(35-58-61(53,54)57-33-38(45)32-56-60(50,51)52)34-55-42(48)30-23-18-12-10-8-7-9-11-15-20-25-36(3)5-2/h13-14,16-17,21-22,27-28,36-41,44-47H,4-12,15,18-20,23-26,29-35H2,1-3H3,(H,53,54)(H2,50,51,52)/b16-13-,17-14+,27-21+,28-22+/t36?,37-,38-,39+,40-,41-/m0/s1. The number of phosphoric acid groups is 2. The van der Waals surface area contributed by atoms with E-state index in [0.717, 1.165) is 57.3 Å².